The van der Waals surface area contributed by atoms with Crippen molar-refractivity contribution in [1.29, 1.82) is 0 Å². The van der Waals surface area contributed by atoms with Crippen molar-refractivity contribution in [2.75, 3.05) is 26.2 Å². The van der Waals surface area contributed by atoms with Crippen molar-refractivity contribution in [2.24, 2.45) is 0 Å². The van der Waals surface area contributed by atoms with Crippen LogP contribution in [0.25, 0.3) is 0 Å². The fourth-order valence-electron chi connectivity index (χ4n) is 3.37. The standard InChI is InChI=1S/C13H23F3N2O/c1-11-9-18(7-8-19-13(14,15)16)12(10-17-11)5-3-2-4-6-12/h11,17H,2-10H2,1H3. The van der Waals surface area contributed by atoms with Crippen molar-refractivity contribution in [1.82, 2.24) is 10.2 Å². The lowest BCUT2D eigenvalue weighted by Crippen LogP contribution is -2.65. The Kier molecular flexibility index (Phi) is 4.74. The van der Waals surface area contributed by atoms with Gasteiger partial charge in [-0.1, -0.05) is 19.3 Å². The third-order valence-corrected chi connectivity index (χ3v) is 4.36. The number of piperazine rings is 1. The average molecular weight is 280 g/mol. The van der Waals surface area contributed by atoms with Gasteiger partial charge in [0.05, 0.1) is 6.61 Å². The van der Waals surface area contributed by atoms with Crippen LogP contribution in [0.3, 0.4) is 0 Å². The Morgan fingerprint density at radius 1 is 1.26 bits per heavy atom. The maximum atomic E-state index is 12.1. The Labute approximate surface area is 112 Å². The minimum atomic E-state index is -4.51. The van der Waals surface area contributed by atoms with Gasteiger partial charge in [-0.15, -0.1) is 13.2 Å². The summed E-state index contributed by atoms with van der Waals surface area (Å²) >= 11 is 0. The van der Waals surface area contributed by atoms with Crippen molar-refractivity contribution >= 4 is 0 Å². The Hall–Kier alpha value is -0.330. The van der Waals surface area contributed by atoms with E-state index in [1.165, 1.54) is 19.3 Å². The Morgan fingerprint density at radius 3 is 2.58 bits per heavy atom. The molecule has 0 bridgehead atoms. The summed E-state index contributed by atoms with van der Waals surface area (Å²) in [5.41, 5.74) is 0.0553. The highest BCUT2D eigenvalue weighted by Crippen LogP contribution is 2.35. The van der Waals surface area contributed by atoms with E-state index in [1.54, 1.807) is 0 Å². The molecule has 1 aliphatic carbocycles. The lowest BCUT2D eigenvalue weighted by molar-refractivity contribution is -0.325. The van der Waals surface area contributed by atoms with Crippen molar-refractivity contribution in [3.63, 3.8) is 0 Å². The second kappa shape index (κ2) is 5.97. The van der Waals surface area contributed by atoms with Crippen LogP contribution >= 0.6 is 0 Å². The number of hydrogen-bond donors (Lipinski definition) is 1. The molecular weight excluding hydrogens is 257 g/mol. The van der Waals surface area contributed by atoms with E-state index in [4.69, 9.17) is 0 Å². The molecule has 2 aliphatic rings. The summed E-state index contributed by atoms with van der Waals surface area (Å²) in [7, 11) is 0. The Balaban J connectivity index is 1.92. The molecule has 1 heterocycles. The molecule has 1 spiro atoms. The molecule has 0 aromatic rings. The molecule has 112 valence electrons. The summed E-state index contributed by atoms with van der Waals surface area (Å²) in [6.07, 6.45) is 1.24. The van der Waals surface area contributed by atoms with E-state index in [-0.39, 0.29) is 12.1 Å². The molecule has 0 amide bonds. The lowest BCUT2D eigenvalue weighted by atomic mass is 9.78. The third kappa shape index (κ3) is 4.07. The van der Waals surface area contributed by atoms with Crippen LogP contribution in [0.5, 0.6) is 0 Å². The van der Waals surface area contributed by atoms with Crippen LogP contribution in [0.1, 0.15) is 39.0 Å². The second-order valence-electron chi connectivity index (χ2n) is 5.81. The first-order chi connectivity index (χ1) is 8.91. The number of nitrogens with zero attached hydrogens (tertiary/aromatic N) is 1. The van der Waals surface area contributed by atoms with Crippen LogP contribution in [0.15, 0.2) is 0 Å². The molecule has 1 saturated heterocycles. The first-order valence-corrected chi connectivity index (χ1v) is 7.10. The largest absolute Gasteiger partial charge is 0.522 e. The molecule has 2 rings (SSSR count). The molecule has 0 aromatic heterocycles. The summed E-state index contributed by atoms with van der Waals surface area (Å²) in [6.45, 7) is 3.87. The van der Waals surface area contributed by atoms with Crippen molar-refractivity contribution < 1.29 is 17.9 Å². The summed E-state index contributed by atoms with van der Waals surface area (Å²) in [4.78, 5) is 2.22. The maximum Gasteiger partial charge on any atom is 0.522 e. The van der Waals surface area contributed by atoms with Gasteiger partial charge < -0.3 is 5.32 Å². The number of nitrogens with one attached hydrogen (secondary N) is 1. The van der Waals surface area contributed by atoms with Crippen LogP contribution in [-0.2, 0) is 4.74 Å². The molecule has 1 N–H and O–H groups in total. The predicted molar refractivity (Wildman–Crippen MR) is 66.9 cm³/mol. The van der Waals surface area contributed by atoms with Gasteiger partial charge in [-0.25, -0.2) is 0 Å². The monoisotopic (exact) mass is 280 g/mol. The Morgan fingerprint density at radius 2 is 1.95 bits per heavy atom. The van der Waals surface area contributed by atoms with Gasteiger partial charge in [0.15, 0.2) is 0 Å². The molecule has 1 aliphatic heterocycles. The highest BCUT2D eigenvalue weighted by Gasteiger charge is 2.41. The quantitative estimate of drug-likeness (QED) is 0.859. The van der Waals surface area contributed by atoms with E-state index in [9.17, 15) is 13.2 Å². The maximum absolute atomic E-state index is 12.1. The van der Waals surface area contributed by atoms with Crippen molar-refractivity contribution in [2.45, 2.75) is 57.0 Å². The zero-order valence-electron chi connectivity index (χ0n) is 11.4. The van der Waals surface area contributed by atoms with Gasteiger partial charge in [0.1, 0.15) is 0 Å². The highest BCUT2D eigenvalue weighted by molar-refractivity contribution is 4.99. The van der Waals surface area contributed by atoms with Crippen molar-refractivity contribution in [3.8, 4) is 0 Å². The first-order valence-electron chi connectivity index (χ1n) is 7.10. The zero-order chi connectivity index (χ0) is 13.9. The van der Waals surface area contributed by atoms with Gasteiger partial charge in [-0.3, -0.25) is 9.64 Å². The molecule has 0 radical (unpaired) electrons. The number of alkyl halides is 3. The molecule has 1 atom stereocenters. The zero-order valence-corrected chi connectivity index (χ0v) is 11.4. The number of hydrogen-bond acceptors (Lipinski definition) is 3. The van der Waals surface area contributed by atoms with Gasteiger partial charge in [0.2, 0.25) is 0 Å². The van der Waals surface area contributed by atoms with E-state index in [0.717, 1.165) is 25.9 Å². The van der Waals surface area contributed by atoms with Crippen LogP contribution < -0.4 is 5.32 Å². The average Bonchev–Trinajstić information content (AvgIpc) is 2.34. The molecule has 2 fully saturated rings. The van der Waals surface area contributed by atoms with E-state index in [1.807, 2.05) is 0 Å². The van der Waals surface area contributed by atoms with E-state index >= 15 is 0 Å². The summed E-state index contributed by atoms with van der Waals surface area (Å²) in [5.74, 6) is 0. The number of halogens is 3. The van der Waals surface area contributed by atoms with Crippen molar-refractivity contribution in [3.05, 3.63) is 0 Å². The van der Waals surface area contributed by atoms with E-state index in [0.29, 0.717) is 12.6 Å². The molecule has 3 nitrogen and oxygen atoms in total. The van der Waals surface area contributed by atoms with Gasteiger partial charge in [0, 0.05) is 31.2 Å². The molecule has 0 aromatic carbocycles. The van der Waals surface area contributed by atoms with Crippen LogP contribution in [0.2, 0.25) is 0 Å². The molecule has 1 unspecified atom stereocenters. The van der Waals surface area contributed by atoms with Crippen LogP contribution in [-0.4, -0.2) is 49.1 Å². The van der Waals surface area contributed by atoms with Crippen LogP contribution in [0, 0.1) is 0 Å². The molecule has 6 heteroatoms. The van der Waals surface area contributed by atoms with E-state index in [2.05, 4.69) is 21.9 Å². The SMILES string of the molecule is CC1CN(CCOC(F)(F)F)C2(CCCCC2)CN1. The fourth-order valence-corrected chi connectivity index (χ4v) is 3.37. The minimum Gasteiger partial charge on any atom is -0.311 e. The summed E-state index contributed by atoms with van der Waals surface area (Å²) in [6, 6.07) is 0.332. The summed E-state index contributed by atoms with van der Waals surface area (Å²) in [5, 5.41) is 3.47. The van der Waals surface area contributed by atoms with E-state index < -0.39 is 6.36 Å². The fraction of sp³-hybridized carbons (Fsp3) is 1.00. The second-order valence-corrected chi connectivity index (χ2v) is 5.81. The molecular formula is C13H23F3N2O. The number of rotatable bonds is 3. The minimum absolute atomic E-state index is 0.0553. The lowest BCUT2D eigenvalue weighted by Gasteiger charge is -2.51. The highest BCUT2D eigenvalue weighted by atomic mass is 19.4. The third-order valence-electron chi connectivity index (χ3n) is 4.36. The van der Waals surface area contributed by atoms with Gasteiger partial charge in [-0.05, 0) is 19.8 Å². The Bertz CT molecular complexity index is 290. The smallest absolute Gasteiger partial charge is 0.311 e. The van der Waals surface area contributed by atoms with Crippen LogP contribution in [0.4, 0.5) is 13.2 Å². The molecule has 1 saturated carbocycles. The summed E-state index contributed by atoms with van der Waals surface area (Å²) < 4.78 is 40.1. The number of ether oxygens (including phenoxy) is 1. The van der Waals surface area contributed by atoms with Gasteiger partial charge >= 0.3 is 6.36 Å². The van der Waals surface area contributed by atoms with Gasteiger partial charge in [-0.2, -0.15) is 0 Å². The van der Waals surface area contributed by atoms with Gasteiger partial charge in [0.25, 0.3) is 0 Å². The normalized spacial score (nSPS) is 28.7. The first kappa shape index (κ1) is 15.1. The molecule has 19 heavy (non-hydrogen) atoms. The predicted octanol–water partition coefficient (Wildman–Crippen LogP) is 2.52. The topological polar surface area (TPSA) is 24.5 Å².